The minimum atomic E-state index is -0.0266. The summed E-state index contributed by atoms with van der Waals surface area (Å²) in [7, 11) is 1.80. The van der Waals surface area contributed by atoms with Crippen LogP contribution in [0.4, 0.5) is 0 Å². The first-order valence-corrected chi connectivity index (χ1v) is 10.6. The first-order chi connectivity index (χ1) is 13.5. The van der Waals surface area contributed by atoms with Crippen molar-refractivity contribution in [2.24, 2.45) is 4.99 Å². The molecule has 6 nitrogen and oxygen atoms in total. The minimum absolute atomic E-state index is 0.0266. The van der Waals surface area contributed by atoms with Crippen molar-refractivity contribution in [2.75, 3.05) is 39.8 Å². The molecule has 1 fully saturated rings. The van der Waals surface area contributed by atoms with Gasteiger partial charge in [-0.3, -0.25) is 4.99 Å². The summed E-state index contributed by atoms with van der Waals surface area (Å²) in [5.74, 6) is 1.52. The third-order valence-electron chi connectivity index (χ3n) is 4.73. The zero-order valence-corrected chi connectivity index (χ0v) is 18.3. The van der Waals surface area contributed by atoms with E-state index in [1.807, 2.05) is 31.2 Å². The number of ether oxygens (including phenoxy) is 2. The highest BCUT2D eigenvalue weighted by Gasteiger charge is 2.20. The maximum atomic E-state index is 6.15. The smallest absolute Gasteiger partial charge is 0.191 e. The molecule has 1 saturated heterocycles. The van der Waals surface area contributed by atoms with Gasteiger partial charge in [0.05, 0.1) is 24.3 Å². The molecule has 1 unspecified atom stereocenters. The fourth-order valence-electron chi connectivity index (χ4n) is 3.15. The van der Waals surface area contributed by atoms with E-state index in [2.05, 4.69) is 34.4 Å². The van der Waals surface area contributed by atoms with Gasteiger partial charge in [0.2, 0.25) is 0 Å². The van der Waals surface area contributed by atoms with Gasteiger partial charge >= 0.3 is 0 Å². The van der Waals surface area contributed by atoms with Gasteiger partial charge in [0.1, 0.15) is 11.9 Å². The van der Waals surface area contributed by atoms with Crippen molar-refractivity contribution < 1.29 is 9.47 Å². The van der Waals surface area contributed by atoms with E-state index in [1.165, 1.54) is 0 Å². The van der Waals surface area contributed by atoms with Gasteiger partial charge in [-0.25, -0.2) is 0 Å². The van der Waals surface area contributed by atoms with Crippen LogP contribution in [0.5, 0.6) is 5.75 Å². The van der Waals surface area contributed by atoms with Gasteiger partial charge < -0.3 is 25.0 Å². The molecule has 158 valence electrons. The van der Waals surface area contributed by atoms with Gasteiger partial charge in [-0.05, 0) is 45.7 Å². The van der Waals surface area contributed by atoms with E-state index in [1.54, 1.807) is 7.05 Å². The predicted molar refractivity (Wildman–Crippen MR) is 117 cm³/mol. The zero-order valence-electron chi connectivity index (χ0n) is 17.6. The predicted octanol–water partition coefficient (Wildman–Crippen LogP) is 3.16. The van der Waals surface area contributed by atoms with Crippen LogP contribution >= 0.6 is 11.6 Å². The number of nitrogens with zero attached hydrogens (tertiary/aromatic N) is 2. The Morgan fingerprint density at radius 1 is 1.25 bits per heavy atom. The summed E-state index contributed by atoms with van der Waals surface area (Å²) in [6.07, 6.45) is 2.49. The first kappa shape index (κ1) is 22.8. The van der Waals surface area contributed by atoms with Crippen molar-refractivity contribution in [1.29, 1.82) is 0 Å². The molecular weight excluding hydrogens is 376 g/mol. The lowest BCUT2D eigenvalue weighted by atomic mass is 10.1. The van der Waals surface area contributed by atoms with Gasteiger partial charge in [0.15, 0.2) is 5.96 Å². The van der Waals surface area contributed by atoms with Gasteiger partial charge in [0.25, 0.3) is 0 Å². The van der Waals surface area contributed by atoms with Crippen LogP contribution in [-0.4, -0.2) is 68.9 Å². The summed E-state index contributed by atoms with van der Waals surface area (Å²) in [4.78, 5) is 6.81. The number of para-hydroxylation sites is 1. The lowest BCUT2D eigenvalue weighted by Gasteiger charge is -2.33. The Kier molecular flexibility index (Phi) is 9.88. The van der Waals surface area contributed by atoms with E-state index in [-0.39, 0.29) is 6.10 Å². The number of hydrogen-bond acceptors (Lipinski definition) is 4. The highest BCUT2D eigenvalue weighted by molar-refractivity contribution is 6.32. The Morgan fingerprint density at radius 2 is 1.96 bits per heavy atom. The quantitative estimate of drug-likeness (QED) is 0.483. The summed E-state index contributed by atoms with van der Waals surface area (Å²) in [6.45, 7) is 10.8. The molecular formula is C21H35ClN4O2. The molecule has 0 aromatic heterocycles. The Bertz CT molecular complexity index is 604. The van der Waals surface area contributed by atoms with E-state index in [0.717, 1.165) is 45.0 Å². The molecule has 2 rings (SSSR count). The minimum Gasteiger partial charge on any atom is -0.487 e. The number of benzene rings is 1. The topological polar surface area (TPSA) is 58.1 Å². The van der Waals surface area contributed by atoms with Crippen molar-refractivity contribution in [2.45, 2.75) is 51.9 Å². The second kappa shape index (κ2) is 12.1. The Labute approximate surface area is 174 Å². The van der Waals surface area contributed by atoms with Crippen LogP contribution in [-0.2, 0) is 4.74 Å². The number of nitrogens with one attached hydrogen (secondary N) is 2. The van der Waals surface area contributed by atoms with E-state index >= 15 is 0 Å². The number of guanidine groups is 1. The van der Waals surface area contributed by atoms with Crippen molar-refractivity contribution >= 4 is 17.6 Å². The molecule has 0 saturated carbocycles. The normalized spacial score (nSPS) is 17.6. The van der Waals surface area contributed by atoms with Crippen molar-refractivity contribution in [3.8, 4) is 5.75 Å². The van der Waals surface area contributed by atoms with Crippen molar-refractivity contribution in [1.82, 2.24) is 15.5 Å². The average Bonchev–Trinajstić information content (AvgIpc) is 2.68. The zero-order chi connectivity index (χ0) is 20.4. The fraction of sp³-hybridized carbons (Fsp3) is 0.667. The largest absolute Gasteiger partial charge is 0.487 e. The molecule has 0 amide bonds. The number of aliphatic imine (C=N–C) groups is 1. The van der Waals surface area contributed by atoms with Crippen LogP contribution in [0.1, 0.15) is 33.6 Å². The molecule has 1 aliphatic heterocycles. The second-order valence-electron chi connectivity index (χ2n) is 7.49. The molecule has 1 atom stereocenters. The van der Waals surface area contributed by atoms with Crippen LogP contribution in [0.25, 0.3) is 0 Å². The molecule has 1 aliphatic rings. The maximum Gasteiger partial charge on any atom is 0.191 e. The first-order valence-electron chi connectivity index (χ1n) is 10.2. The number of rotatable bonds is 9. The van der Waals surface area contributed by atoms with Crippen LogP contribution in [0.2, 0.25) is 5.02 Å². The van der Waals surface area contributed by atoms with Gasteiger partial charge in [-0.15, -0.1) is 0 Å². The summed E-state index contributed by atoms with van der Waals surface area (Å²) in [6, 6.07) is 7.97. The van der Waals surface area contributed by atoms with Crippen LogP contribution < -0.4 is 15.4 Å². The standard InChI is InChI=1S/C21H35ClN4O2/c1-16(2)27-14-13-26-11-9-18(10-12-26)25-21(23-4)24-15-17(3)28-20-8-6-5-7-19(20)22/h5-8,16-18H,9-15H2,1-4H3,(H2,23,24,25). The van der Waals surface area contributed by atoms with E-state index in [4.69, 9.17) is 21.1 Å². The highest BCUT2D eigenvalue weighted by atomic mass is 35.5. The van der Waals surface area contributed by atoms with Gasteiger partial charge in [-0.1, -0.05) is 23.7 Å². The molecule has 1 aromatic carbocycles. The SMILES string of the molecule is CN=C(NCC(C)Oc1ccccc1Cl)NC1CCN(CCOC(C)C)CC1. The number of hydrogen-bond donors (Lipinski definition) is 2. The number of halogens is 1. The van der Waals surface area contributed by atoms with E-state index < -0.39 is 0 Å². The maximum absolute atomic E-state index is 6.15. The average molecular weight is 411 g/mol. The Balaban J connectivity index is 1.67. The van der Waals surface area contributed by atoms with Crippen LogP contribution in [0, 0.1) is 0 Å². The Morgan fingerprint density at radius 3 is 2.61 bits per heavy atom. The molecule has 28 heavy (non-hydrogen) atoms. The van der Waals surface area contributed by atoms with Gasteiger partial charge in [-0.2, -0.15) is 0 Å². The molecule has 0 spiro atoms. The number of piperidine rings is 1. The monoisotopic (exact) mass is 410 g/mol. The second-order valence-corrected chi connectivity index (χ2v) is 7.90. The summed E-state index contributed by atoms with van der Waals surface area (Å²) >= 11 is 6.15. The third-order valence-corrected chi connectivity index (χ3v) is 5.04. The molecule has 0 aliphatic carbocycles. The lowest BCUT2D eigenvalue weighted by molar-refractivity contribution is 0.0532. The molecule has 7 heteroatoms. The lowest BCUT2D eigenvalue weighted by Crippen LogP contribution is -2.50. The highest BCUT2D eigenvalue weighted by Crippen LogP contribution is 2.24. The van der Waals surface area contributed by atoms with Crippen molar-refractivity contribution in [3.05, 3.63) is 29.3 Å². The molecule has 1 heterocycles. The summed E-state index contributed by atoms with van der Waals surface area (Å²) in [5, 5.41) is 7.51. The molecule has 2 N–H and O–H groups in total. The third kappa shape index (κ3) is 8.25. The van der Waals surface area contributed by atoms with Crippen molar-refractivity contribution in [3.63, 3.8) is 0 Å². The van der Waals surface area contributed by atoms with Gasteiger partial charge in [0, 0.05) is 32.7 Å². The molecule has 0 bridgehead atoms. The fourth-order valence-corrected chi connectivity index (χ4v) is 3.33. The Hall–Kier alpha value is -1.50. The van der Waals surface area contributed by atoms with E-state index in [9.17, 15) is 0 Å². The van der Waals surface area contributed by atoms with Crippen LogP contribution in [0.3, 0.4) is 0 Å². The molecule has 1 aromatic rings. The molecule has 0 radical (unpaired) electrons. The number of likely N-dealkylation sites (tertiary alicyclic amines) is 1. The summed E-state index contributed by atoms with van der Waals surface area (Å²) < 4.78 is 11.6. The van der Waals surface area contributed by atoms with Crippen LogP contribution in [0.15, 0.2) is 29.3 Å². The van der Waals surface area contributed by atoms with E-state index in [0.29, 0.717) is 29.5 Å². The summed E-state index contributed by atoms with van der Waals surface area (Å²) in [5.41, 5.74) is 0.